The topological polar surface area (TPSA) is 29.5 Å². The molecular weight excluding hydrogens is 234 g/mol. The molecular formula is C13H15NO2S. The van der Waals surface area contributed by atoms with E-state index in [-0.39, 0.29) is 5.97 Å². The average Bonchev–Trinajstić information content (AvgIpc) is 2.57. The lowest BCUT2D eigenvalue weighted by Gasteiger charge is -2.15. The molecule has 0 saturated carbocycles. The number of fused-ring (bicyclic) bond motifs is 1. The number of para-hydroxylation sites is 1. The van der Waals surface area contributed by atoms with E-state index in [9.17, 15) is 4.79 Å². The second kappa shape index (κ2) is 4.84. The van der Waals surface area contributed by atoms with E-state index in [0.717, 1.165) is 5.03 Å². The standard InChI is InChI=1S/C13H15NO2S/c1-4-16-12(15)8-11-14(3)13-9(2)6-5-7-10(13)17-11/h5-8H,4H2,1-3H3. The van der Waals surface area contributed by atoms with Crippen molar-refractivity contribution in [2.75, 3.05) is 18.6 Å². The summed E-state index contributed by atoms with van der Waals surface area (Å²) < 4.78 is 4.93. The number of thioether (sulfide) groups is 1. The molecule has 1 aromatic rings. The number of esters is 1. The molecule has 0 aliphatic carbocycles. The highest BCUT2D eigenvalue weighted by atomic mass is 32.2. The molecule has 0 bridgehead atoms. The van der Waals surface area contributed by atoms with Gasteiger partial charge in [-0.25, -0.2) is 4.79 Å². The summed E-state index contributed by atoms with van der Waals surface area (Å²) in [4.78, 5) is 14.7. The third-order valence-electron chi connectivity index (χ3n) is 2.61. The van der Waals surface area contributed by atoms with Gasteiger partial charge in [-0.1, -0.05) is 23.9 Å². The molecule has 1 heterocycles. The minimum atomic E-state index is -0.285. The van der Waals surface area contributed by atoms with Crippen LogP contribution in [0.25, 0.3) is 0 Å². The molecule has 0 N–H and O–H groups in total. The van der Waals surface area contributed by atoms with Crippen LogP contribution in [0.3, 0.4) is 0 Å². The largest absolute Gasteiger partial charge is 0.463 e. The van der Waals surface area contributed by atoms with Crippen molar-refractivity contribution in [2.45, 2.75) is 18.7 Å². The number of nitrogens with zero attached hydrogens (tertiary/aromatic N) is 1. The average molecular weight is 249 g/mol. The zero-order chi connectivity index (χ0) is 12.4. The lowest BCUT2D eigenvalue weighted by molar-refractivity contribution is -0.137. The van der Waals surface area contributed by atoms with Gasteiger partial charge in [0.15, 0.2) is 0 Å². The molecule has 1 aromatic carbocycles. The number of carbonyl (C=O) groups excluding carboxylic acids is 1. The minimum Gasteiger partial charge on any atom is -0.463 e. The Labute approximate surface area is 105 Å². The Hall–Kier alpha value is -1.42. The van der Waals surface area contributed by atoms with Gasteiger partial charge in [-0.3, -0.25) is 0 Å². The van der Waals surface area contributed by atoms with E-state index in [1.165, 1.54) is 16.1 Å². The normalized spacial score (nSPS) is 16.2. The van der Waals surface area contributed by atoms with Crippen molar-refractivity contribution in [2.24, 2.45) is 0 Å². The molecule has 0 unspecified atom stereocenters. The Kier molecular flexibility index (Phi) is 3.43. The van der Waals surface area contributed by atoms with Crippen molar-refractivity contribution >= 4 is 23.4 Å². The highest BCUT2D eigenvalue weighted by molar-refractivity contribution is 8.03. The molecule has 0 fully saturated rings. The van der Waals surface area contributed by atoms with Gasteiger partial charge in [0, 0.05) is 11.9 Å². The Morgan fingerprint density at radius 3 is 2.94 bits per heavy atom. The predicted molar refractivity (Wildman–Crippen MR) is 70.2 cm³/mol. The zero-order valence-corrected chi connectivity index (χ0v) is 11.0. The van der Waals surface area contributed by atoms with Crippen LogP contribution in [0.1, 0.15) is 12.5 Å². The number of rotatable bonds is 2. The molecule has 0 atom stereocenters. The van der Waals surface area contributed by atoms with Crippen molar-refractivity contribution in [3.05, 3.63) is 34.9 Å². The maximum atomic E-state index is 11.4. The molecule has 0 amide bonds. The monoisotopic (exact) mass is 249 g/mol. The Morgan fingerprint density at radius 1 is 1.53 bits per heavy atom. The first-order chi connectivity index (χ1) is 8.13. The maximum absolute atomic E-state index is 11.4. The molecule has 0 spiro atoms. The summed E-state index contributed by atoms with van der Waals surface area (Å²) in [7, 11) is 1.97. The summed E-state index contributed by atoms with van der Waals surface area (Å²) in [5.41, 5.74) is 2.39. The first-order valence-electron chi connectivity index (χ1n) is 5.53. The van der Waals surface area contributed by atoms with Crippen LogP contribution in [0.15, 0.2) is 34.2 Å². The molecule has 1 aliphatic rings. The zero-order valence-electron chi connectivity index (χ0n) is 10.2. The molecule has 17 heavy (non-hydrogen) atoms. The van der Waals surface area contributed by atoms with Crippen LogP contribution in [0, 0.1) is 6.92 Å². The summed E-state index contributed by atoms with van der Waals surface area (Å²) in [5, 5.41) is 0.910. The predicted octanol–water partition coefficient (Wildman–Crippen LogP) is 2.94. The van der Waals surface area contributed by atoms with Crippen molar-refractivity contribution < 1.29 is 9.53 Å². The van der Waals surface area contributed by atoms with E-state index < -0.39 is 0 Å². The van der Waals surface area contributed by atoms with Gasteiger partial charge in [0.2, 0.25) is 0 Å². The molecule has 4 heteroatoms. The SMILES string of the molecule is CCOC(=O)C=C1Sc2cccc(C)c2N1C. The maximum Gasteiger partial charge on any atom is 0.333 e. The summed E-state index contributed by atoms with van der Waals surface area (Å²) in [6.07, 6.45) is 1.55. The fourth-order valence-corrected chi connectivity index (χ4v) is 3.00. The van der Waals surface area contributed by atoms with Crippen LogP contribution in [-0.4, -0.2) is 19.6 Å². The third kappa shape index (κ3) is 2.31. The van der Waals surface area contributed by atoms with Crippen molar-refractivity contribution in [1.82, 2.24) is 0 Å². The van der Waals surface area contributed by atoms with Crippen molar-refractivity contribution in [3.63, 3.8) is 0 Å². The summed E-state index contributed by atoms with van der Waals surface area (Å²) >= 11 is 1.60. The second-order valence-electron chi connectivity index (χ2n) is 3.82. The van der Waals surface area contributed by atoms with Crippen LogP contribution in [0.5, 0.6) is 0 Å². The van der Waals surface area contributed by atoms with Gasteiger partial charge >= 0.3 is 5.97 Å². The van der Waals surface area contributed by atoms with Gasteiger partial charge < -0.3 is 9.64 Å². The van der Waals surface area contributed by atoms with Crippen LogP contribution in [-0.2, 0) is 9.53 Å². The first-order valence-corrected chi connectivity index (χ1v) is 6.34. The summed E-state index contributed by atoms with van der Waals surface area (Å²) in [6.45, 7) is 4.28. The molecule has 90 valence electrons. The number of carbonyl (C=O) groups is 1. The Morgan fingerprint density at radius 2 is 2.29 bits per heavy atom. The number of hydrogen-bond donors (Lipinski definition) is 0. The van der Waals surface area contributed by atoms with Crippen LogP contribution >= 0.6 is 11.8 Å². The highest BCUT2D eigenvalue weighted by Crippen LogP contribution is 2.46. The van der Waals surface area contributed by atoms with Crippen molar-refractivity contribution in [3.8, 4) is 0 Å². The van der Waals surface area contributed by atoms with Crippen LogP contribution in [0.2, 0.25) is 0 Å². The molecule has 1 aliphatic heterocycles. The van der Waals surface area contributed by atoms with Gasteiger partial charge in [0.05, 0.1) is 23.4 Å². The third-order valence-corrected chi connectivity index (χ3v) is 3.76. The Bertz CT molecular complexity index is 482. The van der Waals surface area contributed by atoms with E-state index >= 15 is 0 Å². The quantitative estimate of drug-likeness (QED) is 0.595. The molecule has 0 saturated heterocycles. The smallest absolute Gasteiger partial charge is 0.333 e. The lowest BCUT2D eigenvalue weighted by atomic mass is 10.2. The number of hydrogen-bond acceptors (Lipinski definition) is 4. The van der Waals surface area contributed by atoms with E-state index in [1.54, 1.807) is 24.8 Å². The number of benzene rings is 1. The molecule has 0 radical (unpaired) electrons. The van der Waals surface area contributed by atoms with Gasteiger partial charge in [-0.2, -0.15) is 0 Å². The number of anilines is 1. The van der Waals surface area contributed by atoms with Gasteiger partial charge in [-0.05, 0) is 25.5 Å². The van der Waals surface area contributed by atoms with E-state index in [1.807, 2.05) is 18.0 Å². The summed E-state index contributed by atoms with van der Waals surface area (Å²) in [6, 6.07) is 6.17. The lowest BCUT2D eigenvalue weighted by Crippen LogP contribution is -2.13. The molecule has 2 rings (SSSR count). The molecule has 3 nitrogen and oxygen atoms in total. The summed E-state index contributed by atoms with van der Waals surface area (Å²) in [5.74, 6) is -0.285. The van der Waals surface area contributed by atoms with Crippen LogP contribution in [0.4, 0.5) is 5.69 Å². The van der Waals surface area contributed by atoms with Gasteiger partial charge in [0.1, 0.15) is 0 Å². The number of ether oxygens (including phenoxy) is 1. The second-order valence-corrected chi connectivity index (χ2v) is 4.88. The number of aryl methyl sites for hydroxylation is 1. The minimum absolute atomic E-state index is 0.285. The van der Waals surface area contributed by atoms with Gasteiger partial charge in [0.25, 0.3) is 0 Å². The van der Waals surface area contributed by atoms with Gasteiger partial charge in [-0.15, -0.1) is 0 Å². The van der Waals surface area contributed by atoms with E-state index in [0.29, 0.717) is 6.61 Å². The van der Waals surface area contributed by atoms with E-state index in [2.05, 4.69) is 19.1 Å². The Balaban J connectivity index is 2.28. The highest BCUT2D eigenvalue weighted by Gasteiger charge is 2.24. The van der Waals surface area contributed by atoms with Crippen LogP contribution < -0.4 is 4.90 Å². The molecule has 0 aromatic heterocycles. The fraction of sp³-hybridized carbons (Fsp3) is 0.308. The fourth-order valence-electron chi connectivity index (χ4n) is 1.85. The van der Waals surface area contributed by atoms with E-state index in [4.69, 9.17) is 4.74 Å². The first kappa shape index (κ1) is 12.0. The van der Waals surface area contributed by atoms with Crippen molar-refractivity contribution in [1.29, 1.82) is 0 Å².